The molecule has 1 atom stereocenters. The Hall–Kier alpha value is -3.13. The van der Waals surface area contributed by atoms with Crippen LogP contribution in [0.1, 0.15) is 36.2 Å². The second kappa shape index (κ2) is 8.08. The number of benzene rings is 1. The summed E-state index contributed by atoms with van der Waals surface area (Å²) in [6.07, 6.45) is 3.59. The van der Waals surface area contributed by atoms with E-state index in [1.54, 1.807) is 32.4 Å². The molecular formula is C21H24N4O4. The fourth-order valence-corrected chi connectivity index (χ4v) is 4.09. The molecule has 1 unspecified atom stereocenters. The monoisotopic (exact) mass is 396 g/mol. The Balaban J connectivity index is 1.56. The number of hydrogen-bond acceptors (Lipinski definition) is 6. The van der Waals surface area contributed by atoms with Crippen molar-refractivity contribution < 1.29 is 19.4 Å². The van der Waals surface area contributed by atoms with Gasteiger partial charge in [-0.2, -0.15) is 0 Å². The number of hydrogen-bond donors (Lipinski definition) is 1. The van der Waals surface area contributed by atoms with Crippen molar-refractivity contribution in [2.24, 2.45) is 0 Å². The third-order valence-corrected chi connectivity index (χ3v) is 5.57. The maximum atomic E-state index is 12.2. The predicted octanol–water partition coefficient (Wildman–Crippen LogP) is 2.75. The summed E-state index contributed by atoms with van der Waals surface area (Å²) in [6.45, 7) is 1.29. The zero-order chi connectivity index (χ0) is 20.4. The van der Waals surface area contributed by atoms with Crippen molar-refractivity contribution in [1.82, 2.24) is 19.5 Å². The van der Waals surface area contributed by atoms with E-state index >= 15 is 0 Å². The second-order valence-corrected chi connectivity index (χ2v) is 7.15. The summed E-state index contributed by atoms with van der Waals surface area (Å²) in [5.41, 5.74) is 1.43. The minimum absolute atomic E-state index is 0.241. The molecule has 0 saturated carbocycles. The minimum atomic E-state index is -0.900. The number of rotatable bonds is 6. The van der Waals surface area contributed by atoms with E-state index in [2.05, 4.69) is 10.2 Å². The molecule has 1 fully saturated rings. The lowest BCUT2D eigenvalue weighted by atomic mass is 9.93. The Morgan fingerprint density at radius 3 is 2.62 bits per heavy atom. The fraction of sp³-hybridized carbons (Fsp3) is 0.381. The summed E-state index contributed by atoms with van der Waals surface area (Å²) >= 11 is 0. The van der Waals surface area contributed by atoms with Gasteiger partial charge in [0.1, 0.15) is 23.4 Å². The van der Waals surface area contributed by atoms with Gasteiger partial charge in [-0.1, -0.05) is 6.07 Å². The van der Waals surface area contributed by atoms with Crippen LogP contribution in [0, 0.1) is 0 Å². The molecule has 0 bridgehead atoms. The van der Waals surface area contributed by atoms with Crippen LogP contribution in [0.15, 0.2) is 42.6 Å². The van der Waals surface area contributed by atoms with Crippen LogP contribution in [0.2, 0.25) is 0 Å². The van der Waals surface area contributed by atoms with Gasteiger partial charge in [-0.05, 0) is 56.3 Å². The molecule has 4 rings (SSSR count). The summed E-state index contributed by atoms with van der Waals surface area (Å²) in [6, 6.07) is 10.3. The molecule has 0 amide bonds. The van der Waals surface area contributed by atoms with Crippen LogP contribution in [0.3, 0.4) is 0 Å². The quantitative estimate of drug-likeness (QED) is 0.685. The van der Waals surface area contributed by atoms with Gasteiger partial charge >= 0.3 is 5.97 Å². The molecule has 3 aromatic rings. The predicted molar refractivity (Wildman–Crippen MR) is 106 cm³/mol. The first-order valence-electron chi connectivity index (χ1n) is 9.60. The zero-order valence-electron chi connectivity index (χ0n) is 16.5. The lowest BCUT2D eigenvalue weighted by molar-refractivity contribution is -0.144. The molecule has 1 aromatic carbocycles. The summed E-state index contributed by atoms with van der Waals surface area (Å²) < 4.78 is 12.7. The Morgan fingerprint density at radius 1 is 1.14 bits per heavy atom. The van der Waals surface area contributed by atoms with Gasteiger partial charge in [0, 0.05) is 17.7 Å². The molecule has 1 saturated heterocycles. The standard InChI is InChI=1S/C21H24N4O4/c1-28-15-6-7-17(29-2)16(13-15)19(21(26)27)24-11-8-14(9-12-24)20-23-22-18-5-3-4-10-25(18)20/h3-7,10,13-14,19H,8-9,11-12H2,1-2H3,(H,26,27). The van der Waals surface area contributed by atoms with E-state index in [4.69, 9.17) is 9.47 Å². The molecule has 8 heteroatoms. The van der Waals surface area contributed by atoms with Crippen LogP contribution >= 0.6 is 0 Å². The second-order valence-electron chi connectivity index (χ2n) is 7.15. The Kier molecular flexibility index (Phi) is 5.35. The zero-order valence-corrected chi connectivity index (χ0v) is 16.5. The number of carboxylic acid groups (broad SMARTS) is 1. The molecule has 8 nitrogen and oxygen atoms in total. The first-order chi connectivity index (χ1) is 14.1. The molecule has 29 heavy (non-hydrogen) atoms. The lowest BCUT2D eigenvalue weighted by Gasteiger charge is -2.35. The Bertz CT molecular complexity index is 1010. The van der Waals surface area contributed by atoms with Crippen LogP contribution in [-0.2, 0) is 4.79 Å². The lowest BCUT2D eigenvalue weighted by Crippen LogP contribution is -2.40. The van der Waals surface area contributed by atoms with Crippen LogP contribution < -0.4 is 9.47 Å². The fourth-order valence-electron chi connectivity index (χ4n) is 4.09. The smallest absolute Gasteiger partial charge is 0.325 e. The number of carbonyl (C=O) groups is 1. The molecule has 0 spiro atoms. The first-order valence-corrected chi connectivity index (χ1v) is 9.60. The third-order valence-electron chi connectivity index (χ3n) is 5.57. The number of ether oxygens (including phenoxy) is 2. The molecule has 1 aliphatic rings. The number of aromatic nitrogens is 3. The van der Waals surface area contributed by atoms with Gasteiger partial charge in [0.25, 0.3) is 0 Å². The summed E-state index contributed by atoms with van der Waals surface area (Å²) in [4.78, 5) is 14.2. The highest BCUT2D eigenvalue weighted by atomic mass is 16.5. The molecule has 0 aliphatic carbocycles. The van der Waals surface area contributed by atoms with Crippen molar-refractivity contribution in [3.63, 3.8) is 0 Å². The van der Waals surface area contributed by atoms with E-state index in [0.717, 1.165) is 24.3 Å². The van der Waals surface area contributed by atoms with Crippen LogP contribution in [0.4, 0.5) is 0 Å². The van der Waals surface area contributed by atoms with Crippen molar-refractivity contribution in [1.29, 1.82) is 0 Å². The number of aliphatic carboxylic acids is 1. The average molecular weight is 396 g/mol. The maximum Gasteiger partial charge on any atom is 0.325 e. The number of nitrogens with zero attached hydrogens (tertiary/aromatic N) is 4. The number of likely N-dealkylation sites (tertiary alicyclic amines) is 1. The molecule has 1 N–H and O–H groups in total. The van der Waals surface area contributed by atoms with Crippen molar-refractivity contribution in [2.75, 3.05) is 27.3 Å². The van der Waals surface area contributed by atoms with Gasteiger partial charge in [0.15, 0.2) is 5.65 Å². The van der Waals surface area contributed by atoms with Gasteiger partial charge in [0.05, 0.1) is 14.2 Å². The van der Waals surface area contributed by atoms with E-state index in [9.17, 15) is 9.90 Å². The Labute approximate surface area is 168 Å². The van der Waals surface area contributed by atoms with E-state index in [-0.39, 0.29) is 5.92 Å². The molecule has 2 aromatic heterocycles. The number of pyridine rings is 1. The van der Waals surface area contributed by atoms with Crippen molar-refractivity contribution in [3.8, 4) is 11.5 Å². The SMILES string of the molecule is COc1ccc(OC)c(C(C(=O)O)N2CCC(c3nnc4ccccn34)CC2)c1. The summed E-state index contributed by atoms with van der Waals surface area (Å²) in [5.74, 6) is 1.43. The highest BCUT2D eigenvalue weighted by Crippen LogP contribution is 2.36. The number of carboxylic acids is 1. The van der Waals surface area contributed by atoms with Crippen LogP contribution in [0.5, 0.6) is 11.5 Å². The van der Waals surface area contributed by atoms with Gasteiger partial charge in [0.2, 0.25) is 0 Å². The summed E-state index contributed by atoms with van der Waals surface area (Å²) in [5, 5.41) is 18.6. The van der Waals surface area contributed by atoms with E-state index in [0.29, 0.717) is 30.2 Å². The normalized spacial score (nSPS) is 16.6. The largest absolute Gasteiger partial charge is 0.497 e. The number of fused-ring (bicyclic) bond motifs is 1. The number of piperidine rings is 1. The van der Waals surface area contributed by atoms with E-state index in [1.807, 2.05) is 33.7 Å². The maximum absolute atomic E-state index is 12.2. The van der Waals surface area contributed by atoms with Gasteiger partial charge in [-0.15, -0.1) is 10.2 Å². The van der Waals surface area contributed by atoms with Gasteiger partial charge in [-0.3, -0.25) is 14.1 Å². The highest BCUT2D eigenvalue weighted by molar-refractivity contribution is 5.77. The van der Waals surface area contributed by atoms with E-state index in [1.165, 1.54) is 0 Å². The minimum Gasteiger partial charge on any atom is -0.497 e. The van der Waals surface area contributed by atoms with Crippen LogP contribution in [0.25, 0.3) is 5.65 Å². The summed E-state index contributed by atoms with van der Waals surface area (Å²) in [7, 11) is 3.11. The van der Waals surface area contributed by atoms with Crippen molar-refractivity contribution >= 4 is 11.6 Å². The first kappa shape index (κ1) is 19.2. The molecule has 1 aliphatic heterocycles. The molecule has 0 radical (unpaired) electrons. The Morgan fingerprint density at radius 2 is 1.93 bits per heavy atom. The van der Waals surface area contributed by atoms with Crippen molar-refractivity contribution in [2.45, 2.75) is 24.8 Å². The van der Waals surface area contributed by atoms with Gasteiger partial charge in [-0.25, -0.2) is 0 Å². The highest BCUT2D eigenvalue weighted by Gasteiger charge is 2.34. The average Bonchev–Trinajstić information content (AvgIpc) is 3.18. The topological polar surface area (TPSA) is 89.2 Å². The molecular weight excluding hydrogens is 372 g/mol. The van der Waals surface area contributed by atoms with E-state index < -0.39 is 12.0 Å². The van der Waals surface area contributed by atoms with Crippen molar-refractivity contribution in [3.05, 3.63) is 54.0 Å². The van der Waals surface area contributed by atoms with Gasteiger partial charge < -0.3 is 14.6 Å². The number of methoxy groups -OCH3 is 2. The molecule has 152 valence electrons. The third kappa shape index (κ3) is 3.63. The van der Waals surface area contributed by atoms with Crippen LogP contribution in [-0.4, -0.2) is 57.9 Å². The molecule has 3 heterocycles.